The zero-order valence-corrected chi connectivity index (χ0v) is 10.9. The smallest absolute Gasteiger partial charge is 0.111 e. The topological polar surface area (TPSA) is 27.0 Å². The fourth-order valence-electron chi connectivity index (χ4n) is 3.70. The van der Waals surface area contributed by atoms with Gasteiger partial charge in [-0.1, -0.05) is 20.8 Å². The molecule has 90 valence electrons. The van der Waals surface area contributed by atoms with E-state index in [0.717, 1.165) is 19.5 Å². The van der Waals surface area contributed by atoms with Crippen LogP contribution in [0.1, 0.15) is 52.9 Å². The fourth-order valence-corrected chi connectivity index (χ4v) is 3.70. The van der Waals surface area contributed by atoms with E-state index >= 15 is 0 Å². The molecule has 1 saturated carbocycles. The van der Waals surface area contributed by atoms with Crippen molar-refractivity contribution in [3.63, 3.8) is 0 Å². The first kappa shape index (κ1) is 11.9. The summed E-state index contributed by atoms with van der Waals surface area (Å²) in [4.78, 5) is 2.47. The number of rotatable bonds is 1. The molecule has 2 atom stereocenters. The van der Waals surface area contributed by atoms with E-state index in [4.69, 9.17) is 0 Å². The van der Waals surface area contributed by atoms with Crippen LogP contribution in [0.2, 0.25) is 0 Å². The van der Waals surface area contributed by atoms with Crippen LogP contribution < -0.4 is 0 Å². The standard InChI is InChI=1S/C14H24N2/c1-12-10-13(2,3)6-7-14(12,11-15)16-8-4-5-9-16/h12H,4-10H2,1-3H3. The van der Waals surface area contributed by atoms with Crippen LogP contribution in [-0.2, 0) is 0 Å². The minimum Gasteiger partial charge on any atom is -0.285 e. The molecule has 2 nitrogen and oxygen atoms in total. The van der Waals surface area contributed by atoms with E-state index in [-0.39, 0.29) is 5.54 Å². The summed E-state index contributed by atoms with van der Waals surface area (Å²) in [6.45, 7) is 9.24. The predicted octanol–water partition coefficient (Wildman–Crippen LogP) is 3.19. The highest BCUT2D eigenvalue weighted by Crippen LogP contribution is 2.47. The van der Waals surface area contributed by atoms with Crippen LogP contribution in [0.15, 0.2) is 0 Å². The Bertz CT molecular complexity index is 296. The van der Waals surface area contributed by atoms with Crippen molar-refractivity contribution in [1.82, 2.24) is 4.90 Å². The van der Waals surface area contributed by atoms with Gasteiger partial charge in [-0.3, -0.25) is 4.90 Å². The highest BCUT2D eigenvalue weighted by molar-refractivity contribution is 5.15. The first-order valence-corrected chi connectivity index (χ1v) is 6.66. The highest BCUT2D eigenvalue weighted by Gasteiger charge is 2.48. The van der Waals surface area contributed by atoms with Crippen molar-refractivity contribution in [3.05, 3.63) is 0 Å². The molecule has 0 radical (unpaired) electrons. The molecule has 1 aliphatic heterocycles. The van der Waals surface area contributed by atoms with Crippen molar-refractivity contribution < 1.29 is 0 Å². The molecule has 0 amide bonds. The Morgan fingerprint density at radius 3 is 2.31 bits per heavy atom. The third-order valence-electron chi connectivity index (χ3n) is 4.72. The summed E-state index contributed by atoms with van der Waals surface area (Å²) in [6, 6.07) is 2.67. The zero-order chi connectivity index (χ0) is 11.8. The quantitative estimate of drug-likeness (QED) is 0.678. The van der Waals surface area contributed by atoms with E-state index < -0.39 is 0 Å². The third-order valence-corrected chi connectivity index (χ3v) is 4.72. The highest BCUT2D eigenvalue weighted by atomic mass is 15.2. The summed E-state index contributed by atoms with van der Waals surface area (Å²) in [6.07, 6.45) is 6.01. The summed E-state index contributed by atoms with van der Waals surface area (Å²) < 4.78 is 0. The van der Waals surface area contributed by atoms with Gasteiger partial charge in [-0.2, -0.15) is 5.26 Å². The second-order valence-corrected chi connectivity index (χ2v) is 6.50. The molecule has 0 aromatic heterocycles. The SMILES string of the molecule is CC1CC(C)(C)CCC1(C#N)N1CCCC1. The van der Waals surface area contributed by atoms with Crippen molar-refractivity contribution >= 4 is 0 Å². The first-order chi connectivity index (χ1) is 7.50. The van der Waals surface area contributed by atoms with E-state index in [2.05, 4.69) is 31.7 Å². The number of nitriles is 1. The average molecular weight is 220 g/mol. The van der Waals surface area contributed by atoms with Crippen LogP contribution in [0.25, 0.3) is 0 Å². The van der Waals surface area contributed by atoms with Gasteiger partial charge in [-0.25, -0.2) is 0 Å². The van der Waals surface area contributed by atoms with Gasteiger partial charge in [0.15, 0.2) is 0 Å². The molecule has 2 aliphatic rings. The molecule has 0 aromatic rings. The molecule has 2 heteroatoms. The molecule has 0 aromatic carbocycles. The van der Waals surface area contributed by atoms with Crippen LogP contribution in [-0.4, -0.2) is 23.5 Å². The van der Waals surface area contributed by atoms with Gasteiger partial charge in [0.05, 0.1) is 6.07 Å². The summed E-state index contributed by atoms with van der Waals surface area (Å²) in [5.41, 5.74) is 0.283. The lowest BCUT2D eigenvalue weighted by molar-refractivity contribution is 0.0256. The van der Waals surface area contributed by atoms with Crippen LogP contribution in [0, 0.1) is 22.7 Å². The Kier molecular flexibility index (Phi) is 3.01. The molecule has 1 aliphatic carbocycles. The molecule has 0 N–H and O–H groups in total. The maximum atomic E-state index is 9.65. The second-order valence-electron chi connectivity index (χ2n) is 6.50. The molecule has 0 bridgehead atoms. The molecular weight excluding hydrogens is 196 g/mol. The van der Waals surface area contributed by atoms with Gasteiger partial charge in [0.2, 0.25) is 0 Å². The Balaban J connectivity index is 2.19. The minimum atomic E-state index is -0.147. The molecule has 0 spiro atoms. The lowest BCUT2D eigenvalue weighted by atomic mass is 9.63. The van der Waals surface area contributed by atoms with Crippen LogP contribution in [0.5, 0.6) is 0 Å². The number of hydrogen-bond acceptors (Lipinski definition) is 2. The molecule has 2 unspecified atom stereocenters. The minimum absolute atomic E-state index is 0.147. The normalized spacial score (nSPS) is 39.5. The van der Waals surface area contributed by atoms with Gasteiger partial charge in [-0.15, -0.1) is 0 Å². The molecule has 1 saturated heterocycles. The van der Waals surface area contributed by atoms with Crippen molar-refractivity contribution in [2.24, 2.45) is 11.3 Å². The number of nitrogens with zero attached hydrogens (tertiary/aromatic N) is 2. The summed E-state index contributed by atoms with van der Waals surface area (Å²) in [7, 11) is 0. The maximum absolute atomic E-state index is 9.65. The first-order valence-electron chi connectivity index (χ1n) is 6.66. The average Bonchev–Trinajstić information content (AvgIpc) is 2.71. The predicted molar refractivity (Wildman–Crippen MR) is 65.9 cm³/mol. The Morgan fingerprint density at radius 2 is 1.81 bits per heavy atom. The molecule has 1 heterocycles. The van der Waals surface area contributed by atoms with Gasteiger partial charge in [0, 0.05) is 0 Å². The van der Waals surface area contributed by atoms with Gasteiger partial charge in [0.1, 0.15) is 5.54 Å². The van der Waals surface area contributed by atoms with E-state index in [1.54, 1.807) is 0 Å². The van der Waals surface area contributed by atoms with E-state index in [1.807, 2.05) is 0 Å². The maximum Gasteiger partial charge on any atom is 0.111 e. The van der Waals surface area contributed by atoms with Gasteiger partial charge in [0.25, 0.3) is 0 Å². The molecule has 16 heavy (non-hydrogen) atoms. The second kappa shape index (κ2) is 4.04. The summed E-state index contributed by atoms with van der Waals surface area (Å²) >= 11 is 0. The number of likely N-dealkylation sites (tertiary alicyclic amines) is 1. The Morgan fingerprint density at radius 1 is 1.19 bits per heavy atom. The lowest BCUT2D eigenvalue weighted by Crippen LogP contribution is -2.54. The van der Waals surface area contributed by atoms with E-state index in [9.17, 15) is 5.26 Å². The Hall–Kier alpha value is -0.550. The summed E-state index contributed by atoms with van der Waals surface area (Å²) in [5.74, 6) is 0.513. The van der Waals surface area contributed by atoms with Crippen LogP contribution in [0.4, 0.5) is 0 Å². The van der Waals surface area contributed by atoms with E-state index in [1.165, 1.54) is 25.7 Å². The van der Waals surface area contributed by atoms with Gasteiger partial charge >= 0.3 is 0 Å². The summed E-state index contributed by atoms with van der Waals surface area (Å²) in [5, 5.41) is 9.65. The largest absolute Gasteiger partial charge is 0.285 e. The fraction of sp³-hybridized carbons (Fsp3) is 0.929. The molecule has 2 fully saturated rings. The lowest BCUT2D eigenvalue weighted by Gasteiger charge is -2.48. The monoisotopic (exact) mass is 220 g/mol. The van der Waals surface area contributed by atoms with E-state index in [0.29, 0.717) is 11.3 Å². The Labute approximate surface area is 99.6 Å². The van der Waals surface area contributed by atoms with Crippen LogP contribution >= 0.6 is 0 Å². The van der Waals surface area contributed by atoms with Gasteiger partial charge in [-0.05, 0) is 56.5 Å². The van der Waals surface area contributed by atoms with Crippen molar-refractivity contribution in [3.8, 4) is 6.07 Å². The van der Waals surface area contributed by atoms with Crippen LogP contribution in [0.3, 0.4) is 0 Å². The number of hydrogen-bond donors (Lipinski definition) is 0. The van der Waals surface area contributed by atoms with Gasteiger partial charge < -0.3 is 0 Å². The van der Waals surface area contributed by atoms with Crippen molar-refractivity contribution in [2.45, 2.75) is 58.4 Å². The third kappa shape index (κ3) is 1.86. The molecule has 2 rings (SSSR count). The van der Waals surface area contributed by atoms with Crippen molar-refractivity contribution in [1.29, 1.82) is 5.26 Å². The van der Waals surface area contributed by atoms with Crippen molar-refractivity contribution in [2.75, 3.05) is 13.1 Å². The molecular formula is C14H24N2. The zero-order valence-electron chi connectivity index (χ0n) is 10.9.